The van der Waals surface area contributed by atoms with Crippen molar-refractivity contribution in [2.75, 3.05) is 26.8 Å². The van der Waals surface area contributed by atoms with Gasteiger partial charge >= 0.3 is 0 Å². The molecule has 0 aliphatic heterocycles. The smallest absolute Gasteiger partial charge is 0.191 e. The third-order valence-corrected chi connectivity index (χ3v) is 3.78. The van der Waals surface area contributed by atoms with Gasteiger partial charge in [0.1, 0.15) is 5.76 Å². The zero-order valence-corrected chi connectivity index (χ0v) is 17.6. The van der Waals surface area contributed by atoms with Gasteiger partial charge < -0.3 is 19.8 Å². The molecule has 25 heavy (non-hydrogen) atoms. The number of benzene rings is 1. The fourth-order valence-corrected chi connectivity index (χ4v) is 2.33. The minimum Gasteiger partial charge on any atom is -0.469 e. The molecule has 0 bridgehead atoms. The first kappa shape index (κ1) is 21.8. The number of methoxy groups -OCH3 is 1. The fraction of sp³-hybridized carbons (Fsp3) is 0.389. The summed E-state index contributed by atoms with van der Waals surface area (Å²) in [6, 6.07) is 11.8. The lowest BCUT2D eigenvalue weighted by Crippen LogP contribution is -2.40. The first-order chi connectivity index (χ1) is 11.7. The maximum atomic E-state index is 5.94. The molecule has 2 aromatic rings. The Labute approximate surface area is 171 Å². The highest BCUT2D eigenvalue weighted by Crippen LogP contribution is 2.15. The van der Waals surface area contributed by atoms with E-state index in [1.165, 1.54) is 0 Å². The van der Waals surface area contributed by atoms with Crippen molar-refractivity contribution in [2.45, 2.75) is 19.4 Å². The van der Waals surface area contributed by atoms with Crippen LogP contribution in [-0.2, 0) is 11.2 Å². The molecule has 0 saturated carbocycles. The lowest BCUT2D eigenvalue weighted by atomic mass is 10.1. The molecule has 1 atom stereocenters. The summed E-state index contributed by atoms with van der Waals surface area (Å²) in [6.07, 6.45) is 2.48. The Morgan fingerprint density at radius 3 is 2.68 bits per heavy atom. The molecule has 5 nitrogen and oxygen atoms in total. The van der Waals surface area contributed by atoms with E-state index in [1.807, 2.05) is 36.4 Å². The van der Waals surface area contributed by atoms with Gasteiger partial charge in [-0.3, -0.25) is 4.99 Å². The summed E-state index contributed by atoms with van der Waals surface area (Å²) >= 11 is 5.94. The monoisotopic (exact) mass is 477 g/mol. The van der Waals surface area contributed by atoms with Crippen LogP contribution >= 0.6 is 35.6 Å². The molecule has 0 saturated heterocycles. The highest BCUT2D eigenvalue weighted by molar-refractivity contribution is 14.0. The molecule has 138 valence electrons. The van der Waals surface area contributed by atoms with Gasteiger partial charge in [-0.05, 0) is 36.8 Å². The van der Waals surface area contributed by atoms with Gasteiger partial charge in [-0.15, -0.1) is 24.0 Å². The van der Waals surface area contributed by atoms with Gasteiger partial charge in [0.15, 0.2) is 5.96 Å². The van der Waals surface area contributed by atoms with Crippen molar-refractivity contribution in [2.24, 2.45) is 4.99 Å². The van der Waals surface area contributed by atoms with Gasteiger partial charge in [-0.25, -0.2) is 0 Å². The van der Waals surface area contributed by atoms with Crippen LogP contribution in [-0.4, -0.2) is 32.8 Å². The lowest BCUT2D eigenvalue weighted by Gasteiger charge is -2.18. The van der Waals surface area contributed by atoms with Gasteiger partial charge in [0, 0.05) is 25.1 Å². The minimum atomic E-state index is 0. The van der Waals surface area contributed by atoms with Crippen LogP contribution in [0.1, 0.15) is 24.3 Å². The third-order valence-electron chi connectivity index (χ3n) is 3.53. The van der Waals surface area contributed by atoms with Crippen molar-refractivity contribution < 1.29 is 9.15 Å². The van der Waals surface area contributed by atoms with E-state index in [4.69, 9.17) is 20.8 Å². The van der Waals surface area contributed by atoms with Crippen LogP contribution in [0.4, 0.5) is 0 Å². The summed E-state index contributed by atoms with van der Waals surface area (Å²) in [4.78, 5) is 4.53. The number of nitrogens with zero attached hydrogens (tertiary/aromatic N) is 1. The normalized spacial score (nSPS) is 12.4. The van der Waals surface area contributed by atoms with E-state index in [0.717, 1.165) is 35.3 Å². The predicted octanol–water partition coefficient (Wildman–Crippen LogP) is 4.04. The zero-order valence-electron chi connectivity index (χ0n) is 14.5. The molecule has 0 aliphatic carbocycles. The first-order valence-electron chi connectivity index (χ1n) is 8.00. The molecule has 0 amide bonds. The Kier molecular flexibility index (Phi) is 10.6. The summed E-state index contributed by atoms with van der Waals surface area (Å²) in [6.45, 7) is 4.00. The molecule has 2 rings (SSSR count). The number of hydrogen-bond donors (Lipinski definition) is 2. The molecule has 1 unspecified atom stereocenters. The maximum absolute atomic E-state index is 5.94. The van der Waals surface area contributed by atoms with E-state index in [9.17, 15) is 0 Å². The number of nitrogens with one attached hydrogen (secondary N) is 2. The average Bonchev–Trinajstić information content (AvgIpc) is 3.09. The number of ether oxygens (including phenoxy) is 1. The van der Waals surface area contributed by atoms with Crippen LogP contribution in [0.15, 0.2) is 52.1 Å². The van der Waals surface area contributed by atoms with E-state index in [2.05, 4.69) is 22.5 Å². The largest absolute Gasteiger partial charge is 0.469 e. The van der Waals surface area contributed by atoms with Crippen LogP contribution in [0, 0.1) is 0 Å². The number of guanidine groups is 1. The Bertz CT molecular complexity index is 618. The molecule has 2 N–H and O–H groups in total. The van der Waals surface area contributed by atoms with Crippen molar-refractivity contribution >= 4 is 41.5 Å². The maximum Gasteiger partial charge on any atom is 0.191 e. The summed E-state index contributed by atoms with van der Waals surface area (Å²) in [7, 11) is 1.67. The summed E-state index contributed by atoms with van der Waals surface area (Å²) in [5.41, 5.74) is 1.15. The second kappa shape index (κ2) is 12.2. The molecule has 1 heterocycles. The Hall–Kier alpha value is -1.25. The van der Waals surface area contributed by atoms with Crippen LogP contribution < -0.4 is 10.6 Å². The zero-order chi connectivity index (χ0) is 17.2. The quantitative estimate of drug-likeness (QED) is 0.261. The molecule has 0 aliphatic rings. The van der Waals surface area contributed by atoms with Gasteiger partial charge in [0.25, 0.3) is 0 Å². The average molecular weight is 478 g/mol. The topological polar surface area (TPSA) is 58.8 Å². The SMILES string of the molecule is COCCN=C(NCCc1ccco1)NC(C)c1ccc(Cl)cc1.I. The standard InChI is InChI=1S/C18H24ClN3O2.HI/c1-14(15-5-7-16(19)8-6-15)22-18(21-11-13-23-2)20-10-9-17-4-3-12-24-17;/h3-8,12,14H,9-11,13H2,1-2H3,(H2,20,21,22);1H. The fourth-order valence-electron chi connectivity index (χ4n) is 2.20. The Balaban J connectivity index is 0.00000312. The van der Waals surface area contributed by atoms with Crippen LogP contribution in [0.2, 0.25) is 5.02 Å². The van der Waals surface area contributed by atoms with Crippen molar-refractivity contribution in [3.05, 3.63) is 59.0 Å². The van der Waals surface area contributed by atoms with Gasteiger partial charge in [0.2, 0.25) is 0 Å². The molecule has 0 fully saturated rings. The molecule has 7 heteroatoms. The number of aliphatic imine (C=N–C) groups is 1. The van der Waals surface area contributed by atoms with Crippen molar-refractivity contribution in [1.29, 1.82) is 0 Å². The highest BCUT2D eigenvalue weighted by Gasteiger charge is 2.08. The number of hydrogen-bond acceptors (Lipinski definition) is 3. The highest BCUT2D eigenvalue weighted by atomic mass is 127. The minimum absolute atomic E-state index is 0. The van der Waals surface area contributed by atoms with Gasteiger partial charge in [-0.2, -0.15) is 0 Å². The van der Waals surface area contributed by atoms with E-state index in [1.54, 1.807) is 13.4 Å². The molecule has 0 radical (unpaired) electrons. The second-order valence-corrected chi connectivity index (χ2v) is 5.83. The van der Waals surface area contributed by atoms with E-state index in [-0.39, 0.29) is 30.0 Å². The third kappa shape index (κ3) is 8.11. The van der Waals surface area contributed by atoms with Crippen molar-refractivity contribution in [1.82, 2.24) is 10.6 Å². The summed E-state index contributed by atoms with van der Waals surface area (Å²) in [5.74, 6) is 1.70. The first-order valence-corrected chi connectivity index (χ1v) is 8.38. The molecular formula is C18H25ClIN3O2. The van der Waals surface area contributed by atoms with E-state index in [0.29, 0.717) is 13.2 Å². The van der Waals surface area contributed by atoms with E-state index >= 15 is 0 Å². The van der Waals surface area contributed by atoms with Gasteiger partial charge in [-0.1, -0.05) is 23.7 Å². The van der Waals surface area contributed by atoms with Gasteiger partial charge in [0.05, 0.1) is 25.5 Å². The number of furan rings is 1. The Morgan fingerprint density at radius 1 is 1.28 bits per heavy atom. The summed E-state index contributed by atoms with van der Waals surface area (Å²) < 4.78 is 10.4. The molecule has 0 spiro atoms. The van der Waals surface area contributed by atoms with Crippen molar-refractivity contribution in [3.63, 3.8) is 0 Å². The molecule has 1 aromatic heterocycles. The predicted molar refractivity (Wildman–Crippen MR) is 113 cm³/mol. The van der Waals surface area contributed by atoms with Crippen LogP contribution in [0.3, 0.4) is 0 Å². The van der Waals surface area contributed by atoms with E-state index < -0.39 is 0 Å². The number of rotatable bonds is 8. The van der Waals surface area contributed by atoms with Crippen LogP contribution in [0.25, 0.3) is 0 Å². The second-order valence-electron chi connectivity index (χ2n) is 5.40. The summed E-state index contributed by atoms with van der Waals surface area (Å²) in [5, 5.41) is 7.46. The van der Waals surface area contributed by atoms with Crippen molar-refractivity contribution in [3.8, 4) is 0 Å². The Morgan fingerprint density at radius 2 is 2.04 bits per heavy atom. The lowest BCUT2D eigenvalue weighted by molar-refractivity contribution is 0.208. The molecule has 1 aromatic carbocycles. The number of halogens is 2. The molecular weight excluding hydrogens is 453 g/mol. The van der Waals surface area contributed by atoms with Crippen LogP contribution in [0.5, 0.6) is 0 Å².